The lowest BCUT2D eigenvalue weighted by atomic mass is 9.93. The van der Waals surface area contributed by atoms with Crippen LogP contribution in [-0.2, 0) is 9.84 Å². The van der Waals surface area contributed by atoms with Crippen LogP contribution in [0.25, 0.3) is 0 Å². The highest BCUT2D eigenvalue weighted by Gasteiger charge is 2.22. The largest absolute Gasteiger partial charge is 0.393 e. The lowest BCUT2D eigenvalue weighted by Gasteiger charge is -2.23. The number of hydrogen-bond acceptors (Lipinski definition) is 4. The first-order valence-corrected chi connectivity index (χ1v) is 8.22. The van der Waals surface area contributed by atoms with Gasteiger partial charge in [-0.25, -0.2) is 8.42 Å². The zero-order valence-electron chi connectivity index (χ0n) is 11.6. The second-order valence-electron chi connectivity index (χ2n) is 5.23. The summed E-state index contributed by atoms with van der Waals surface area (Å²) in [4.78, 5) is 12.4. The molecule has 0 heterocycles. The Kier molecular flexibility index (Phi) is 4.88. The van der Waals surface area contributed by atoms with Crippen molar-refractivity contribution < 1.29 is 13.2 Å². The minimum absolute atomic E-state index is 0.110. The smallest absolute Gasteiger partial charge is 0.251 e. The highest BCUT2D eigenvalue weighted by atomic mass is 32.2. The molecule has 0 aliphatic carbocycles. The number of hydrogen-bond donors (Lipinski definition) is 2. The Balaban J connectivity index is 2.87. The Morgan fingerprint density at radius 1 is 1.40 bits per heavy atom. The first-order valence-electron chi connectivity index (χ1n) is 5.92. The average Bonchev–Trinajstić information content (AvgIpc) is 2.35. The van der Waals surface area contributed by atoms with Gasteiger partial charge in [-0.2, -0.15) is 0 Å². The van der Waals surface area contributed by atoms with Crippen LogP contribution in [0.3, 0.4) is 0 Å². The van der Waals surface area contributed by atoms with Crippen LogP contribution in [0, 0.1) is 5.41 Å². The van der Waals surface area contributed by atoms with Gasteiger partial charge in [-0.15, -0.1) is 0 Å². The molecular formula is C13H18N2O3S2. The number of sulfone groups is 1. The molecular weight excluding hydrogens is 296 g/mol. The van der Waals surface area contributed by atoms with E-state index in [0.717, 1.165) is 6.26 Å². The number of carbonyl (C=O) groups is 1. The van der Waals surface area contributed by atoms with Crippen LogP contribution in [-0.4, -0.2) is 32.1 Å². The van der Waals surface area contributed by atoms with E-state index in [4.69, 9.17) is 18.0 Å². The third kappa shape index (κ3) is 4.28. The molecule has 20 heavy (non-hydrogen) atoms. The van der Waals surface area contributed by atoms with Crippen molar-refractivity contribution in [1.29, 1.82) is 0 Å². The Morgan fingerprint density at radius 2 is 2.00 bits per heavy atom. The minimum atomic E-state index is -3.34. The number of benzene rings is 1. The summed E-state index contributed by atoms with van der Waals surface area (Å²) in [5, 5.41) is 2.70. The van der Waals surface area contributed by atoms with Crippen LogP contribution < -0.4 is 11.1 Å². The fourth-order valence-electron chi connectivity index (χ4n) is 1.36. The average molecular weight is 314 g/mol. The molecule has 0 spiro atoms. The molecule has 0 atom stereocenters. The number of thiocarbonyl (C=S) groups is 1. The van der Waals surface area contributed by atoms with Crippen molar-refractivity contribution >= 4 is 33.0 Å². The Morgan fingerprint density at radius 3 is 2.50 bits per heavy atom. The summed E-state index contributed by atoms with van der Waals surface area (Å²) >= 11 is 4.92. The lowest BCUT2D eigenvalue weighted by molar-refractivity contribution is 0.0945. The predicted octanol–water partition coefficient (Wildman–Crippen LogP) is 1.13. The molecule has 0 aromatic heterocycles. The molecule has 0 saturated carbocycles. The SMILES string of the molecule is CC(C)(CNC(=O)c1cccc(S(C)(=O)=O)c1)C(N)=S. The quantitative estimate of drug-likeness (QED) is 0.795. The standard InChI is InChI=1S/C13H18N2O3S2/c1-13(2,12(14)19)8-15-11(16)9-5-4-6-10(7-9)20(3,17)18/h4-7H,8H2,1-3H3,(H2,14,19)(H,15,16). The Bertz CT molecular complexity index is 637. The van der Waals surface area contributed by atoms with Crippen molar-refractivity contribution in [2.45, 2.75) is 18.7 Å². The van der Waals surface area contributed by atoms with Gasteiger partial charge in [0.2, 0.25) is 0 Å². The summed E-state index contributed by atoms with van der Waals surface area (Å²) in [5.74, 6) is -0.361. The summed E-state index contributed by atoms with van der Waals surface area (Å²) in [6, 6.07) is 5.88. The minimum Gasteiger partial charge on any atom is -0.393 e. The molecule has 1 aromatic rings. The van der Waals surface area contributed by atoms with Crippen molar-refractivity contribution in [2.75, 3.05) is 12.8 Å². The molecule has 0 saturated heterocycles. The second kappa shape index (κ2) is 5.88. The van der Waals surface area contributed by atoms with Crippen molar-refractivity contribution in [3.05, 3.63) is 29.8 Å². The van der Waals surface area contributed by atoms with Crippen LogP contribution >= 0.6 is 12.2 Å². The van der Waals surface area contributed by atoms with Crippen LogP contribution in [0.15, 0.2) is 29.2 Å². The molecule has 3 N–H and O–H groups in total. The summed E-state index contributed by atoms with van der Waals surface area (Å²) in [6.45, 7) is 3.93. The van der Waals surface area contributed by atoms with Crippen molar-refractivity contribution in [2.24, 2.45) is 11.1 Å². The number of nitrogens with two attached hydrogens (primary N) is 1. The van der Waals surface area contributed by atoms with E-state index in [1.54, 1.807) is 6.07 Å². The molecule has 1 aromatic carbocycles. The highest BCUT2D eigenvalue weighted by Crippen LogP contribution is 2.15. The molecule has 1 amide bonds. The molecule has 0 radical (unpaired) electrons. The summed E-state index contributed by atoms with van der Waals surface area (Å²) < 4.78 is 22.9. The van der Waals surface area contributed by atoms with Crippen LogP contribution in [0.5, 0.6) is 0 Å². The van der Waals surface area contributed by atoms with E-state index in [1.165, 1.54) is 18.2 Å². The summed E-state index contributed by atoms with van der Waals surface area (Å²) in [6.07, 6.45) is 1.10. The predicted molar refractivity (Wildman–Crippen MR) is 82.5 cm³/mol. The summed E-state index contributed by atoms with van der Waals surface area (Å²) in [7, 11) is -3.34. The fourth-order valence-corrected chi connectivity index (χ4v) is 2.10. The molecule has 110 valence electrons. The van der Waals surface area contributed by atoms with Crippen molar-refractivity contribution in [1.82, 2.24) is 5.32 Å². The molecule has 0 aliphatic heterocycles. The Hall–Kier alpha value is -1.47. The molecule has 5 nitrogen and oxygen atoms in total. The van der Waals surface area contributed by atoms with Crippen molar-refractivity contribution in [3.8, 4) is 0 Å². The van der Waals surface area contributed by atoms with Crippen LogP contribution in [0.4, 0.5) is 0 Å². The van der Waals surface area contributed by atoms with E-state index >= 15 is 0 Å². The summed E-state index contributed by atoms with van der Waals surface area (Å²) in [5.41, 5.74) is 5.36. The van der Waals surface area contributed by atoms with Gasteiger partial charge in [0.1, 0.15) is 0 Å². The fraction of sp³-hybridized carbons (Fsp3) is 0.385. The maximum atomic E-state index is 12.0. The van der Waals surface area contributed by atoms with Crippen LogP contribution in [0.1, 0.15) is 24.2 Å². The first kappa shape index (κ1) is 16.6. The van der Waals surface area contributed by atoms with E-state index < -0.39 is 15.3 Å². The van der Waals surface area contributed by atoms with E-state index in [0.29, 0.717) is 4.99 Å². The second-order valence-corrected chi connectivity index (χ2v) is 7.69. The molecule has 0 bridgehead atoms. The Labute approximate surface area is 124 Å². The van der Waals surface area contributed by atoms with E-state index in [-0.39, 0.29) is 22.9 Å². The lowest BCUT2D eigenvalue weighted by Crippen LogP contribution is -2.41. The number of amides is 1. The van der Waals surface area contributed by atoms with Gasteiger partial charge in [0.15, 0.2) is 9.84 Å². The first-order chi connectivity index (χ1) is 9.04. The molecule has 0 aliphatic rings. The van der Waals surface area contributed by atoms with Gasteiger partial charge < -0.3 is 11.1 Å². The molecule has 0 fully saturated rings. The van der Waals surface area contributed by atoms with Gasteiger partial charge >= 0.3 is 0 Å². The highest BCUT2D eigenvalue weighted by molar-refractivity contribution is 7.90. The normalized spacial score (nSPS) is 11.9. The van der Waals surface area contributed by atoms with Gasteiger partial charge in [0.05, 0.1) is 9.88 Å². The maximum Gasteiger partial charge on any atom is 0.251 e. The third-order valence-corrected chi connectivity index (χ3v) is 4.55. The topological polar surface area (TPSA) is 89.3 Å². The van der Waals surface area contributed by atoms with Gasteiger partial charge in [-0.3, -0.25) is 4.79 Å². The molecule has 0 unspecified atom stereocenters. The van der Waals surface area contributed by atoms with Crippen molar-refractivity contribution in [3.63, 3.8) is 0 Å². The number of carbonyl (C=O) groups excluding carboxylic acids is 1. The van der Waals surface area contributed by atoms with Gasteiger partial charge in [0.25, 0.3) is 5.91 Å². The van der Waals surface area contributed by atoms with E-state index in [1.807, 2.05) is 13.8 Å². The van der Waals surface area contributed by atoms with Gasteiger partial charge in [0, 0.05) is 23.8 Å². The monoisotopic (exact) mass is 314 g/mol. The van der Waals surface area contributed by atoms with Crippen LogP contribution in [0.2, 0.25) is 0 Å². The zero-order valence-corrected chi connectivity index (χ0v) is 13.3. The van der Waals surface area contributed by atoms with E-state index in [2.05, 4.69) is 5.32 Å². The maximum absolute atomic E-state index is 12.0. The zero-order chi connectivity index (χ0) is 15.6. The van der Waals surface area contributed by atoms with Gasteiger partial charge in [-0.1, -0.05) is 32.1 Å². The van der Waals surface area contributed by atoms with E-state index in [9.17, 15) is 13.2 Å². The molecule has 7 heteroatoms. The molecule has 1 rings (SSSR count). The third-order valence-electron chi connectivity index (χ3n) is 2.88. The number of rotatable bonds is 5. The van der Waals surface area contributed by atoms with Gasteiger partial charge in [-0.05, 0) is 18.2 Å². The number of nitrogens with one attached hydrogen (secondary N) is 1.